The van der Waals surface area contributed by atoms with Gasteiger partial charge in [-0.2, -0.15) is 0 Å². The molecular weight excluding hydrogens is 290 g/mol. The normalized spacial score (nSPS) is 15.5. The van der Waals surface area contributed by atoms with Gasteiger partial charge < -0.3 is 16.0 Å². The van der Waals surface area contributed by atoms with Crippen LogP contribution in [0.1, 0.15) is 30.9 Å². The first kappa shape index (κ1) is 17.5. The van der Waals surface area contributed by atoms with Gasteiger partial charge >= 0.3 is 0 Å². The molecule has 5 nitrogen and oxygen atoms in total. The molecule has 1 atom stereocenters. The van der Waals surface area contributed by atoms with Crippen LogP contribution in [0, 0.1) is 0 Å². The summed E-state index contributed by atoms with van der Waals surface area (Å²) in [7, 11) is 0. The van der Waals surface area contributed by atoms with Crippen molar-refractivity contribution in [3.63, 3.8) is 0 Å². The minimum absolute atomic E-state index is 0. The summed E-state index contributed by atoms with van der Waals surface area (Å²) in [5.41, 5.74) is 6.69. The summed E-state index contributed by atoms with van der Waals surface area (Å²) in [6.45, 7) is 2.10. The second-order valence-corrected chi connectivity index (χ2v) is 5.02. The third kappa shape index (κ3) is 5.02. The second-order valence-electron chi connectivity index (χ2n) is 5.02. The summed E-state index contributed by atoms with van der Waals surface area (Å²) in [6.07, 6.45) is 2.37. The van der Waals surface area contributed by atoms with Gasteiger partial charge in [-0.3, -0.25) is 9.59 Å². The van der Waals surface area contributed by atoms with E-state index in [0.29, 0.717) is 19.5 Å². The van der Waals surface area contributed by atoms with Gasteiger partial charge in [-0.05, 0) is 18.4 Å². The van der Waals surface area contributed by atoms with Crippen molar-refractivity contribution >= 4 is 24.2 Å². The van der Waals surface area contributed by atoms with Crippen molar-refractivity contribution in [2.75, 3.05) is 19.6 Å². The van der Waals surface area contributed by atoms with Gasteiger partial charge in [-0.1, -0.05) is 30.3 Å². The van der Waals surface area contributed by atoms with E-state index in [1.165, 1.54) is 0 Å². The number of carbonyl (C=O) groups excluding carboxylic acids is 2. The lowest BCUT2D eigenvalue weighted by Gasteiger charge is -2.16. The van der Waals surface area contributed by atoms with Crippen LogP contribution in [0.5, 0.6) is 0 Å². The fourth-order valence-corrected chi connectivity index (χ4v) is 2.34. The van der Waals surface area contributed by atoms with Crippen LogP contribution in [0.25, 0.3) is 0 Å². The molecule has 0 aromatic heterocycles. The minimum Gasteiger partial charge on any atom is -0.354 e. The average molecular weight is 312 g/mol. The molecular formula is C15H22ClN3O2. The molecule has 21 heavy (non-hydrogen) atoms. The molecule has 0 aliphatic carbocycles. The van der Waals surface area contributed by atoms with Crippen molar-refractivity contribution in [2.24, 2.45) is 5.73 Å². The molecule has 1 fully saturated rings. The molecule has 2 rings (SSSR count). The Morgan fingerprint density at radius 2 is 2.05 bits per heavy atom. The van der Waals surface area contributed by atoms with Gasteiger partial charge in [0, 0.05) is 26.1 Å². The Morgan fingerprint density at radius 1 is 1.33 bits per heavy atom. The Labute approximate surface area is 131 Å². The Kier molecular flexibility index (Phi) is 7.19. The highest BCUT2D eigenvalue weighted by Gasteiger charge is 2.19. The first-order valence-electron chi connectivity index (χ1n) is 7.04. The van der Waals surface area contributed by atoms with Crippen molar-refractivity contribution in [1.82, 2.24) is 10.2 Å². The maximum Gasteiger partial charge on any atom is 0.241 e. The summed E-state index contributed by atoms with van der Waals surface area (Å²) < 4.78 is 0. The quantitative estimate of drug-likeness (QED) is 0.776. The number of benzene rings is 1. The van der Waals surface area contributed by atoms with E-state index in [2.05, 4.69) is 5.32 Å². The van der Waals surface area contributed by atoms with Crippen LogP contribution < -0.4 is 11.1 Å². The van der Waals surface area contributed by atoms with Gasteiger partial charge in [0.2, 0.25) is 11.8 Å². The summed E-state index contributed by atoms with van der Waals surface area (Å²) >= 11 is 0. The van der Waals surface area contributed by atoms with Crippen LogP contribution in [-0.4, -0.2) is 36.3 Å². The van der Waals surface area contributed by atoms with Crippen LogP contribution in [0.4, 0.5) is 0 Å². The van der Waals surface area contributed by atoms with E-state index in [-0.39, 0.29) is 24.2 Å². The fraction of sp³-hybridized carbons (Fsp3) is 0.467. The number of rotatable bonds is 6. The third-order valence-corrected chi connectivity index (χ3v) is 3.52. The molecule has 1 aromatic rings. The molecule has 1 aromatic carbocycles. The largest absolute Gasteiger partial charge is 0.354 e. The van der Waals surface area contributed by atoms with Crippen LogP contribution in [-0.2, 0) is 9.59 Å². The molecule has 1 saturated heterocycles. The Morgan fingerprint density at radius 3 is 2.67 bits per heavy atom. The molecule has 0 saturated carbocycles. The highest BCUT2D eigenvalue weighted by molar-refractivity contribution is 5.85. The number of nitrogens with zero attached hydrogens (tertiary/aromatic N) is 1. The van der Waals surface area contributed by atoms with Crippen LogP contribution >= 0.6 is 12.4 Å². The smallest absolute Gasteiger partial charge is 0.241 e. The van der Waals surface area contributed by atoms with E-state index < -0.39 is 6.04 Å². The molecule has 0 radical (unpaired) electrons. The number of amides is 2. The zero-order valence-electron chi connectivity index (χ0n) is 12.0. The van der Waals surface area contributed by atoms with Crippen molar-refractivity contribution in [1.29, 1.82) is 0 Å². The fourth-order valence-electron chi connectivity index (χ4n) is 2.34. The number of nitrogens with one attached hydrogen (secondary N) is 1. The van der Waals surface area contributed by atoms with E-state index in [1.54, 1.807) is 0 Å². The van der Waals surface area contributed by atoms with Gasteiger partial charge in [0.25, 0.3) is 0 Å². The number of halogens is 1. The van der Waals surface area contributed by atoms with E-state index in [1.807, 2.05) is 35.2 Å². The van der Waals surface area contributed by atoms with Crippen molar-refractivity contribution in [3.05, 3.63) is 35.9 Å². The molecule has 6 heteroatoms. The summed E-state index contributed by atoms with van der Waals surface area (Å²) in [6, 6.07) is 8.66. The SMILES string of the molecule is Cl.NC(C(=O)NCCCN1CCCC1=O)c1ccccc1. The molecule has 1 aliphatic rings. The molecule has 1 aliphatic heterocycles. The predicted octanol–water partition coefficient (Wildman–Crippen LogP) is 1.24. The van der Waals surface area contributed by atoms with Gasteiger partial charge in [-0.25, -0.2) is 0 Å². The first-order chi connectivity index (χ1) is 9.68. The lowest BCUT2D eigenvalue weighted by Crippen LogP contribution is -2.36. The van der Waals surface area contributed by atoms with Crippen LogP contribution in [0.3, 0.4) is 0 Å². The standard InChI is InChI=1S/C15H21N3O2.ClH/c16-14(12-6-2-1-3-7-12)15(20)17-9-5-11-18-10-4-8-13(18)19;/h1-3,6-7,14H,4-5,8-11,16H2,(H,17,20);1H. The minimum atomic E-state index is -0.635. The maximum atomic E-state index is 11.9. The van der Waals surface area contributed by atoms with E-state index in [0.717, 1.165) is 24.9 Å². The molecule has 1 unspecified atom stereocenters. The van der Waals surface area contributed by atoms with Crippen molar-refractivity contribution in [3.8, 4) is 0 Å². The molecule has 2 amide bonds. The molecule has 1 heterocycles. The van der Waals surface area contributed by atoms with E-state index in [4.69, 9.17) is 5.73 Å². The lowest BCUT2D eigenvalue weighted by molar-refractivity contribution is -0.127. The number of carbonyl (C=O) groups is 2. The zero-order valence-corrected chi connectivity index (χ0v) is 12.8. The van der Waals surface area contributed by atoms with Crippen LogP contribution in [0.2, 0.25) is 0 Å². The Hall–Kier alpha value is -1.59. The number of nitrogens with two attached hydrogens (primary N) is 1. The Balaban J connectivity index is 0.00000220. The third-order valence-electron chi connectivity index (χ3n) is 3.52. The summed E-state index contributed by atoms with van der Waals surface area (Å²) in [5.74, 6) is 0.0428. The molecule has 3 N–H and O–H groups in total. The number of hydrogen-bond donors (Lipinski definition) is 2. The molecule has 0 spiro atoms. The summed E-state index contributed by atoms with van der Waals surface area (Å²) in [4.78, 5) is 25.2. The molecule has 0 bridgehead atoms. The van der Waals surface area contributed by atoms with Crippen molar-refractivity contribution in [2.45, 2.75) is 25.3 Å². The number of likely N-dealkylation sites (tertiary alicyclic amines) is 1. The average Bonchev–Trinajstić information content (AvgIpc) is 2.89. The molecule has 116 valence electrons. The van der Waals surface area contributed by atoms with Gasteiger partial charge in [0.1, 0.15) is 6.04 Å². The second kappa shape index (κ2) is 8.64. The van der Waals surface area contributed by atoms with Crippen LogP contribution in [0.15, 0.2) is 30.3 Å². The van der Waals surface area contributed by atoms with Gasteiger partial charge in [0.05, 0.1) is 0 Å². The number of hydrogen-bond acceptors (Lipinski definition) is 3. The Bertz CT molecular complexity index is 467. The lowest BCUT2D eigenvalue weighted by atomic mass is 10.1. The van der Waals surface area contributed by atoms with E-state index >= 15 is 0 Å². The topological polar surface area (TPSA) is 75.4 Å². The maximum absolute atomic E-state index is 11.9. The van der Waals surface area contributed by atoms with Crippen molar-refractivity contribution < 1.29 is 9.59 Å². The van der Waals surface area contributed by atoms with E-state index in [9.17, 15) is 9.59 Å². The summed E-state index contributed by atoms with van der Waals surface area (Å²) in [5, 5.41) is 2.82. The zero-order chi connectivity index (χ0) is 14.4. The first-order valence-corrected chi connectivity index (χ1v) is 7.04. The predicted molar refractivity (Wildman–Crippen MR) is 84.1 cm³/mol. The highest BCUT2D eigenvalue weighted by Crippen LogP contribution is 2.10. The van der Waals surface area contributed by atoms with Gasteiger partial charge in [-0.15, -0.1) is 12.4 Å². The van der Waals surface area contributed by atoms with Gasteiger partial charge in [0.15, 0.2) is 0 Å². The monoisotopic (exact) mass is 311 g/mol. The highest BCUT2D eigenvalue weighted by atomic mass is 35.5.